The highest BCUT2D eigenvalue weighted by Gasteiger charge is 2.08. The summed E-state index contributed by atoms with van der Waals surface area (Å²) in [6.45, 7) is 0.481. The van der Waals surface area contributed by atoms with Crippen LogP contribution in [0.5, 0.6) is 0 Å². The van der Waals surface area contributed by atoms with Gasteiger partial charge >= 0.3 is 0 Å². The van der Waals surface area contributed by atoms with Crippen LogP contribution in [0.1, 0.15) is 5.69 Å². The molecular weight excluding hydrogens is 210 g/mol. The summed E-state index contributed by atoms with van der Waals surface area (Å²) in [5, 5.41) is 4.92. The van der Waals surface area contributed by atoms with Crippen molar-refractivity contribution in [2.45, 2.75) is 6.54 Å². The number of halogens is 1. The summed E-state index contributed by atoms with van der Waals surface area (Å²) >= 11 is 5.83. The molecular formula is C11H12ClN3. The maximum atomic E-state index is 5.83. The average molecular weight is 222 g/mol. The smallest absolute Gasteiger partial charge is 0.0594 e. The van der Waals surface area contributed by atoms with Crippen molar-refractivity contribution in [1.82, 2.24) is 9.78 Å². The van der Waals surface area contributed by atoms with Crippen LogP contribution in [0.25, 0.3) is 11.1 Å². The molecule has 0 spiro atoms. The molecule has 0 amide bonds. The maximum Gasteiger partial charge on any atom is 0.0594 e. The lowest BCUT2D eigenvalue weighted by Gasteiger charge is -2.03. The number of aryl methyl sites for hydroxylation is 1. The third kappa shape index (κ3) is 1.89. The fourth-order valence-corrected chi connectivity index (χ4v) is 1.70. The second-order valence-electron chi connectivity index (χ2n) is 3.34. The van der Waals surface area contributed by atoms with Crippen LogP contribution in [0.15, 0.2) is 30.5 Å². The minimum atomic E-state index is 0.481. The first-order chi connectivity index (χ1) is 7.22. The van der Waals surface area contributed by atoms with E-state index in [0.29, 0.717) is 6.54 Å². The van der Waals surface area contributed by atoms with Crippen LogP contribution in [0.4, 0.5) is 0 Å². The summed E-state index contributed by atoms with van der Waals surface area (Å²) in [4.78, 5) is 0. The van der Waals surface area contributed by atoms with Gasteiger partial charge in [-0.15, -0.1) is 0 Å². The lowest BCUT2D eigenvalue weighted by Crippen LogP contribution is -2.05. The lowest BCUT2D eigenvalue weighted by atomic mass is 10.1. The van der Waals surface area contributed by atoms with Gasteiger partial charge in [-0.3, -0.25) is 4.68 Å². The molecule has 0 bridgehead atoms. The van der Waals surface area contributed by atoms with Crippen molar-refractivity contribution >= 4 is 11.6 Å². The van der Waals surface area contributed by atoms with Crippen LogP contribution in [-0.4, -0.2) is 9.78 Å². The van der Waals surface area contributed by atoms with E-state index in [1.54, 1.807) is 4.68 Å². The van der Waals surface area contributed by atoms with Gasteiger partial charge in [0.15, 0.2) is 0 Å². The van der Waals surface area contributed by atoms with Gasteiger partial charge in [0, 0.05) is 24.2 Å². The van der Waals surface area contributed by atoms with Crippen LogP contribution >= 0.6 is 11.6 Å². The van der Waals surface area contributed by atoms with E-state index in [9.17, 15) is 0 Å². The van der Waals surface area contributed by atoms with E-state index >= 15 is 0 Å². The molecule has 1 aromatic carbocycles. The molecule has 78 valence electrons. The number of benzene rings is 1. The minimum Gasteiger partial charge on any atom is -0.325 e. The normalized spacial score (nSPS) is 10.6. The molecule has 1 aromatic heterocycles. The van der Waals surface area contributed by atoms with E-state index in [1.807, 2.05) is 37.5 Å². The molecule has 2 rings (SSSR count). The molecule has 0 unspecified atom stereocenters. The molecule has 15 heavy (non-hydrogen) atoms. The zero-order valence-corrected chi connectivity index (χ0v) is 9.20. The molecule has 1 heterocycles. The predicted molar refractivity (Wildman–Crippen MR) is 61.5 cm³/mol. The quantitative estimate of drug-likeness (QED) is 0.845. The fourth-order valence-electron chi connectivity index (χ4n) is 1.58. The van der Waals surface area contributed by atoms with Crippen molar-refractivity contribution in [2.75, 3.05) is 0 Å². The monoisotopic (exact) mass is 221 g/mol. The Bertz CT molecular complexity index is 459. The van der Waals surface area contributed by atoms with Gasteiger partial charge in [-0.25, -0.2) is 0 Å². The Labute approximate surface area is 93.5 Å². The second kappa shape index (κ2) is 4.04. The Morgan fingerprint density at radius 1 is 1.33 bits per heavy atom. The molecule has 2 N–H and O–H groups in total. The summed E-state index contributed by atoms with van der Waals surface area (Å²) in [5.74, 6) is 0. The van der Waals surface area contributed by atoms with E-state index in [4.69, 9.17) is 17.3 Å². The van der Waals surface area contributed by atoms with Crippen molar-refractivity contribution in [3.8, 4) is 11.1 Å². The lowest BCUT2D eigenvalue weighted by molar-refractivity contribution is 0.713. The van der Waals surface area contributed by atoms with Gasteiger partial charge in [-0.05, 0) is 17.7 Å². The average Bonchev–Trinajstić information content (AvgIpc) is 2.61. The standard InChI is InChI=1S/C11H12ClN3/c1-15-11(6-13)10(7-14-15)8-2-4-9(12)5-3-8/h2-5,7H,6,13H2,1H3. The van der Waals surface area contributed by atoms with E-state index in [-0.39, 0.29) is 0 Å². The van der Waals surface area contributed by atoms with Gasteiger partial charge in [0.1, 0.15) is 0 Å². The first-order valence-electron chi connectivity index (χ1n) is 4.69. The van der Waals surface area contributed by atoms with E-state index in [0.717, 1.165) is 21.8 Å². The Morgan fingerprint density at radius 3 is 2.60 bits per heavy atom. The van der Waals surface area contributed by atoms with Gasteiger partial charge in [-0.1, -0.05) is 23.7 Å². The molecule has 0 radical (unpaired) electrons. The second-order valence-corrected chi connectivity index (χ2v) is 3.78. The highest BCUT2D eigenvalue weighted by atomic mass is 35.5. The third-order valence-electron chi connectivity index (χ3n) is 2.41. The molecule has 0 atom stereocenters. The summed E-state index contributed by atoms with van der Waals surface area (Å²) in [7, 11) is 1.89. The fraction of sp³-hybridized carbons (Fsp3) is 0.182. The number of hydrogen-bond donors (Lipinski definition) is 1. The summed E-state index contributed by atoms with van der Waals surface area (Å²) in [5.41, 5.74) is 8.86. The van der Waals surface area contributed by atoms with Crippen LogP contribution in [0.3, 0.4) is 0 Å². The Kier molecular flexibility index (Phi) is 2.75. The first-order valence-corrected chi connectivity index (χ1v) is 5.07. The third-order valence-corrected chi connectivity index (χ3v) is 2.66. The number of hydrogen-bond acceptors (Lipinski definition) is 2. The molecule has 0 aliphatic rings. The van der Waals surface area contributed by atoms with Gasteiger partial charge in [-0.2, -0.15) is 5.10 Å². The van der Waals surface area contributed by atoms with Gasteiger partial charge in [0.25, 0.3) is 0 Å². The highest BCUT2D eigenvalue weighted by molar-refractivity contribution is 6.30. The van der Waals surface area contributed by atoms with Gasteiger partial charge < -0.3 is 5.73 Å². The zero-order chi connectivity index (χ0) is 10.8. The molecule has 0 aliphatic heterocycles. The number of nitrogens with zero attached hydrogens (tertiary/aromatic N) is 2. The molecule has 0 saturated carbocycles. The first kappa shape index (κ1) is 10.2. The molecule has 0 aliphatic carbocycles. The van der Waals surface area contributed by atoms with E-state index in [1.165, 1.54) is 0 Å². The number of aromatic nitrogens is 2. The molecule has 2 aromatic rings. The van der Waals surface area contributed by atoms with Crippen molar-refractivity contribution in [2.24, 2.45) is 12.8 Å². The molecule has 3 nitrogen and oxygen atoms in total. The van der Waals surface area contributed by atoms with E-state index in [2.05, 4.69) is 5.10 Å². The Morgan fingerprint density at radius 2 is 2.00 bits per heavy atom. The van der Waals surface area contributed by atoms with Gasteiger partial charge in [0.05, 0.1) is 11.9 Å². The van der Waals surface area contributed by atoms with Crippen LogP contribution in [0.2, 0.25) is 5.02 Å². The zero-order valence-electron chi connectivity index (χ0n) is 8.44. The number of nitrogens with two attached hydrogens (primary N) is 1. The van der Waals surface area contributed by atoms with Crippen molar-refractivity contribution in [1.29, 1.82) is 0 Å². The summed E-state index contributed by atoms with van der Waals surface area (Å²) in [6, 6.07) is 7.67. The maximum absolute atomic E-state index is 5.83. The van der Waals surface area contributed by atoms with Crippen LogP contribution < -0.4 is 5.73 Å². The van der Waals surface area contributed by atoms with Gasteiger partial charge in [0.2, 0.25) is 0 Å². The topological polar surface area (TPSA) is 43.8 Å². The largest absolute Gasteiger partial charge is 0.325 e. The van der Waals surface area contributed by atoms with Crippen LogP contribution in [0, 0.1) is 0 Å². The summed E-state index contributed by atoms with van der Waals surface area (Å²) in [6.07, 6.45) is 1.82. The van der Waals surface area contributed by atoms with Crippen molar-refractivity contribution in [3.05, 3.63) is 41.2 Å². The van der Waals surface area contributed by atoms with E-state index < -0.39 is 0 Å². The number of rotatable bonds is 2. The molecule has 0 fully saturated rings. The Hall–Kier alpha value is -1.32. The summed E-state index contributed by atoms with van der Waals surface area (Å²) < 4.78 is 1.80. The Balaban J connectivity index is 2.49. The SMILES string of the molecule is Cn1ncc(-c2ccc(Cl)cc2)c1CN. The van der Waals surface area contributed by atoms with Crippen LogP contribution in [-0.2, 0) is 13.6 Å². The molecule has 4 heteroatoms. The highest BCUT2D eigenvalue weighted by Crippen LogP contribution is 2.24. The van der Waals surface area contributed by atoms with Crippen molar-refractivity contribution < 1.29 is 0 Å². The molecule has 0 saturated heterocycles. The predicted octanol–water partition coefficient (Wildman–Crippen LogP) is 2.20. The van der Waals surface area contributed by atoms with Crippen molar-refractivity contribution in [3.63, 3.8) is 0 Å². The minimum absolute atomic E-state index is 0.481.